The Hall–Kier alpha value is -1.07. The van der Waals surface area contributed by atoms with Crippen molar-refractivity contribution >= 4 is 23.5 Å². The lowest BCUT2D eigenvalue weighted by molar-refractivity contribution is -0.134. The summed E-state index contributed by atoms with van der Waals surface area (Å²) in [6, 6.07) is 0. The van der Waals surface area contributed by atoms with Crippen molar-refractivity contribution in [2.75, 3.05) is 25.5 Å². The first kappa shape index (κ1) is 15.9. The Morgan fingerprint density at radius 2 is 1.59 bits per heavy atom. The van der Waals surface area contributed by atoms with E-state index in [-0.39, 0.29) is 0 Å². The number of alkyl halides is 1. The summed E-state index contributed by atoms with van der Waals surface area (Å²) in [7, 11) is 0. The standard InChI is InChI=1S/C7H14ClN.C4H4O4/c8-4-3-7-9-5-1-2-6-9;5-3(6)1-2-4(7)8/h1-7H2;1-2H,(H,5,6)(H,7,8). The maximum Gasteiger partial charge on any atom is 0.328 e. The number of rotatable bonds is 5. The van der Waals surface area contributed by atoms with E-state index in [1.54, 1.807) is 0 Å². The highest BCUT2D eigenvalue weighted by Crippen LogP contribution is 2.07. The predicted molar refractivity (Wildman–Crippen MR) is 65.4 cm³/mol. The molecule has 2 N–H and O–H groups in total. The largest absolute Gasteiger partial charge is 0.478 e. The van der Waals surface area contributed by atoms with Gasteiger partial charge < -0.3 is 15.1 Å². The quantitative estimate of drug-likeness (QED) is 0.579. The predicted octanol–water partition coefficient (Wildman–Crippen LogP) is 1.42. The van der Waals surface area contributed by atoms with E-state index in [4.69, 9.17) is 21.8 Å². The third kappa shape index (κ3) is 11.2. The van der Waals surface area contributed by atoms with Gasteiger partial charge in [-0.15, -0.1) is 11.6 Å². The molecule has 0 aromatic rings. The number of hydrogen-bond donors (Lipinski definition) is 2. The second-order valence-electron chi connectivity index (χ2n) is 3.60. The van der Waals surface area contributed by atoms with Gasteiger partial charge in [0, 0.05) is 18.0 Å². The molecule has 0 radical (unpaired) electrons. The van der Waals surface area contributed by atoms with Gasteiger partial charge in [-0.2, -0.15) is 0 Å². The molecule has 98 valence electrons. The molecule has 0 aliphatic carbocycles. The molecule has 1 aliphatic heterocycles. The van der Waals surface area contributed by atoms with Crippen molar-refractivity contribution in [3.63, 3.8) is 0 Å². The van der Waals surface area contributed by atoms with E-state index in [2.05, 4.69) is 4.90 Å². The Bertz CT molecular complexity index is 246. The number of hydrogen-bond acceptors (Lipinski definition) is 3. The molecule has 1 rings (SSSR count). The summed E-state index contributed by atoms with van der Waals surface area (Å²) < 4.78 is 0. The van der Waals surface area contributed by atoms with E-state index in [1.165, 1.54) is 32.5 Å². The fraction of sp³-hybridized carbons (Fsp3) is 0.636. The van der Waals surface area contributed by atoms with Gasteiger partial charge >= 0.3 is 11.9 Å². The first-order valence-electron chi connectivity index (χ1n) is 5.48. The Labute approximate surface area is 106 Å². The summed E-state index contributed by atoms with van der Waals surface area (Å²) in [6.07, 6.45) is 5.05. The van der Waals surface area contributed by atoms with Crippen molar-refractivity contribution in [2.24, 2.45) is 0 Å². The maximum absolute atomic E-state index is 9.55. The Balaban J connectivity index is 0.000000304. The average Bonchev–Trinajstić information content (AvgIpc) is 2.77. The van der Waals surface area contributed by atoms with Gasteiger partial charge in [0.05, 0.1) is 0 Å². The molecule has 0 aromatic heterocycles. The lowest BCUT2D eigenvalue weighted by atomic mass is 10.4. The van der Waals surface area contributed by atoms with Gasteiger partial charge in [-0.1, -0.05) is 0 Å². The molecular weight excluding hydrogens is 246 g/mol. The van der Waals surface area contributed by atoms with Crippen LogP contribution in [0, 0.1) is 0 Å². The molecule has 1 fully saturated rings. The fourth-order valence-electron chi connectivity index (χ4n) is 1.43. The highest BCUT2D eigenvalue weighted by molar-refractivity contribution is 6.17. The van der Waals surface area contributed by atoms with Crippen LogP contribution in [0.3, 0.4) is 0 Å². The minimum atomic E-state index is -1.26. The zero-order chi connectivity index (χ0) is 13.1. The molecule has 0 bridgehead atoms. The smallest absolute Gasteiger partial charge is 0.328 e. The SMILES string of the molecule is ClCCCN1CCCC1.O=C(O)C=CC(=O)O. The van der Waals surface area contributed by atoms with Crippen LogP contribution >= 0.6 is 11.6 Å². The molecule has 1 heterocycles. The molecule has 0 unspecified atom stereocenters. The molecule has 0 aromatic carbocycles. The number of carboxylic acid groups (broad SMARTS) is 2. The van der Waals surface area contributed by atoms with Gasteiger partial charge in [0.25, 0.3) is 0 Å². The van der Waals surface area contributed by atoms with Crippen molar-refractivity contribution < 1.29 is 19.8 Å². The molecule has 6 heteroatoms. The van der Waals surface area contributed by atoms with Crippen LogP contribution in [0.4, 0.5) is 0 Å². The third-order valence-electron chi connectivity index (χ3n) is 2.18. The summed E-state index contributed by atoms with van der Waals surface area (Å²) in [5, 5.41) is 15.6. The first-order valence-corrected chi connectivity index (χ1v) is 6.02. The number of halogens is 1. The summed E-state index contributed by atoms with van der Waals surface area (Å²) in [5.74, 6) is -1.70. The summed E-state index contributed by atoms with van der Waals surface area (Å²) in [5.41, 5.74) is 0. The highest BCUT2D eigenvalue weighted by Gasteiger charge is 2.09. The van der Waals surface area contributed by atoms with E-state index in [0.717, 1.165) is 12.3 Å². The number of aliphatic carboxylic acids is 2. The molecule has 17 heavy (non-hydrogen) atoms. The summed E-state index contributed by atoms with van der Waals surface area (Å²) in [6.45, 7) is 3.82. The van der Waals surface area contributed by atoms with Crippen molar-refractivity contribution in [3.05, 3.63) is 12.2 Å². The highest BCUT2D eigenvalue weighted by atomic mass is 35.5. The summed E-state index contributed by atoms with van der Waals surface area (Å²) >= 11 is 5.55. The molecule has 0 atom stereocenters. The second kappa shape index (κ2) is 10.1. The van der Waals surface area contributed by atoms with Crippen LogP contribution in [0.2, 0.25) is 0 Å². The van der Waals surface area contributed by atoms with E-state index >= 15 is 0 Å². The second-order valence-corrected chi connectivity index (χ2v) is 3.98. The summed E-state index contributed by atoms with van der Waals surface area (Å²) in [4.78, 5) is 21.6. The molecule has 1 saturated heterocycles. The van der Waals surface area contributed by atoms with Gasteiger partial charge in [-0.05, 0) is 38.9 Å². The minimum Gasteiger partial charge on any atom is -0.478 e. The number of carbonyl (C=O) groups is 2. The molecular formula is C11H18ClNO4. The molecule has 1 aliphatic rings. The van der Waals surface area contributed by atoms with Gasteiger partial charge in [0.1, 0.15) is 0 Å². The molecule has 5 nitrogen and oxygen atoms in total. The Kier molecular flexibility index (Phi) is 9.47. The van der Waals surface area contributed by atoms with Gasteiger partial charge in [0.2, 0.25) is 0 Å². The zero-order valence-electron chi connectivity index (χ0n) is 9.64. The first-order chi connectivity index (χ1) is 8.06. The van der Waals surface area contributed by atoms with Crippen LogP contribution in [0.1, 0.15) is 19.3 Å². The molecule has 0 saturated carbocycles. The average molecular weight is 264 g/mol. The van der Waals surface area contributed by atoms with Crippen LogP contribution in [0.25, 0.3) is 0 Å². The van der Waals surface area contributed by atoms with Crippen LogP contribution in [0.5, 0.6) is 0 Å². The topological polar surface area (TPSA) is 77.8 Å². The third-order valence-corrected chi connectivity index (χ3v) is 2.44. The number of carboxylic acids is 2. The minimum absolute atomic E-state index is 0.558. The van der Waals surface area contributed by atoms with Crippen molar-refractivity contribution in [1.82, 2.24) is 4.90 Å². The van der Waals surface area contributed by atoms with Gasteiger partial charge in [-0.3, -0.25) is 0 Å². The van der Waals surface area contributed by atoms with Crippen molar-refractivity contribution in [2.45, 2.75) is 19.3 Å². The number of nitrogens with zero attached hydrogens (tertiary/aromatic N) is 1. The normalized spacial score (nSPS) is 15.6. The Morgan fingerprint density at radius 3 is 1.94 bits per heavy atom. The lowest BCUT2D eigenvalue weighted by Gasteiger charge is -2.12. The monoisotopic (exact) mass is 263 g/mol. The fourth-order valence-corrected chi connectivity index (χ4v) is 1.55. The molecule has 0 amide bonds. The van der Waals surface area contributed by atoms with E-state index < -0.39 is 11.9 Å². The van der Waals surface area contributed by atoms with Gasteiger partial charge in [-0.25, -0.2) is 9.59 Å². The number of likely N-dealkylation sites (tertiary alicyclic amines) is 1. The lowest BCUT2D eigenvalue weighted by Crippen LogP contribution is -2.20. The maximum atomic E-state index is 9.55. The van der Waals surface area contributed by atoms with E-state index in [1.807, 2.05) is 0 Å². The Morgan fingerprint density at radius 1 is 1.12 bits per heavy atom. The van der Waals surface area contributed by atoms with E-state index in [9.17, 15) is 9.59 Å². The van der Waals surface area contributed by atoms with Crippen molar-refractivity contribution in [3.8, 4) is 0 Å². The van der Waals surface area contributed by atoms with Crippen LogP contribution < -0.4 is 0 Å². The molecule has 0 spiro atoms. The van der Waals surface area contributed by atoms with Crippen molar-refractivity contribution in [1.29, 1.82) is 0 Å². The zero-order valence-corrected chi connectivity index (χ0v) is 10.4. The van der Waals surface area contributed by atoms with Crippen LogP contribution in [-0.2, 0) is 9.59 Å². The van der Waals surface area contributed by atoms with E-state index in [0.29, 0.717) is 12.2 Å². The van der Waals surface area contributed by atoms with Crippen LogP contribution in [0.15, 0.2) is 12.2 Å². The van der Waals surface area contributed by atoms with Crippen LogP contribution in [-0.4, -0.2) is 52.6 Å². The van der Waals surface area contributed by atoms with Gasteiger partial charge in [0.15, 0.2) is 0 Å².